The van der Waals surface area contributed by atoms with Gasteiger partial charge in [0.1, 0.15) is 0 Å². The van der Waals surface area contributed by atoms with Crippen LogP contribution in [-0.2, 0) is 11.3 Å². The maximum atomic E-state index is 12.4. The van der Waals surface area contributed by atoms with E-state index in [4.69, 9.17) is 4.52 Å². The highest BCUT2D eigenvalue weighted by molar-refractivity contribution is 5.77. The topological polar surface area (TPSA) is 62.5 Å². The number of rotatable bonds is 5. The van der Waals surface area contributed by atoms with Crippen molar-refractivity contribution in [3.05, 3.63) is 47.6 Å². The predicted molar refractivity (Wildman–Crippen MR) is 85.7 cm³/mol. The van der Waals surface area contributed by atoms with Crippen LogP contribution in [0.5, 0.6) is 0 Å². The van der Waals surface area contributed by atoms with Crippen LogP contribution in [0.4, 0.5) is 0 Å². The number of aryl methyl sites for hydroxylation is 1. The van der Waals surface area contributed by atoms with E-state index >= 15 is 0 Å². The average Bonchev–Trinajstić information content (AvgIpc) is 3.17. The number of amides is 1. The van der Waals surface area contributed by atoms with E-state index in [1.165, 1.54) is 5.56 Å². The van der Waals surface area contributed by atoms with Gasteiger partial charge in [-0.25, -0.2) is 0 Å². The van der Waals surface area contributed by atoms with Crippen LogP contribution < -0.4 is 0 Å². The van der Waals surface area contributed by atoms with Gasteiger partial charge >= 0.3 is 0 Å². The van der Waals surface area contributed by atoms with Gasteiger partial charge in [-0.05, 0) is 24.4 Å². The van der Waals surface area contributed by atoms with Gasteiger partial charge in [-0.3, -0.25) is 9.69 Å². The van der Waals surface area contributed by atoms with Gasteiger partial charge in [-0.2, -0.15) is 4.98 Å². The Hall–Kier alpha value is -2.21. The molecule has 0 aliphatic carbocycles. The molecule has 0 N–H and O–H groups in total. The van der Waals surface area contributed by atoms with Crippen LogP contribution in [0.15, 0.2) is 34.9 Å². The Balaban J connectivity index is 1.50. The molecule has 6 heteroatoms. The second-order valence-electron chi connectivity index (χ2n) is 6.11. The molecule has 0 saturated carbocycles. The minimum absolute atomic E-state index is 0.0844. The number of nitrogens with zero attached hydrogens (tertiary/aromatic N) is 4. The minimum atomic E-state index is 0.0844. The summed E-state index contributed by atoms with van der Waals surface area (Å²) in [6, 6.07) is 10.5. The van der Waals surface area contributed by atoms with Gasteiger partial charge in [0.2, 0.25) is 11.8 Å². The fourth-order valence-electron chi connectivity index (χ4n) is 2.99. The van der Waals surface area contributed by atoms with Crippen molar-refractivity contribution >= 4 is 5.91 Å². The summed E-state index contributed by atoms with van der Waals surface area (Å²) in [6.07, 6.45) is 1.10. The number of carbonyl (C=O) groups excluding carboxylic acids is 1. The van der Waals surface area contributed by atoms with Gasteiger partial charge < -0.3 is 9.42 Å². The van der Waals surface area contributed by atoms with Crippen molar-refractivity contribution in [1.29, 1.82) is 0 Å². The molecule has 1 amide bonds. The molecule has 0 radical (unpaired) electrons. The Bertz CT molecular complexity index is 656. The molecule has 1 aliphatic rings. The summed E-state index contributed by atoms with van der Waals surface area (Å²) in [5.41, 5.74) is 1.36. The molecule has 0 spiro atoms. The summed E-state index contributed by atoms with van der Waals surface area (Å²) in [5.74, 6) is 1.67. The number of hydrogen-bond donors (Lipinski definition) is 0. The zero-order valence-corrected chi connectivity index (χ0v) is 13.6. The van der Waals surface area contributed by atoms with Crippen molar-refractivity contribution < 1.29 is 9.32 Å². The van der Waals surface area contributed by atoms with E-state index in [-0.39, 0.29) is 5.91 Å². The van der Waals surface area contributed by atoms with Crippen molar-refractivity contribution in [2.45, 2.75) is 25.8 Å². The van der Waals surface area contributed by atoms with Crippen molar-refractivity contribution in [3.8, 4) is 0 Å². The smallest absolute Gasteiger partial charge is 0.236 e. The minimum Gasteiger partial charge on any atom is -0.340 e. The number of benzene rings is 1. The molecular weight excluding hydrogens is 292 g/mol. The Morgan fingerprint density at radius 2 is 2.17 bits per heavy atom. The molecule has 1 unspecified atom stereocenters. The number of hydrogen-bond acceptors (Lipinski definition) is 5. The molecule has 2 aromatic rings. The highest BCUT2D eigenvalue weighted by Gasteiger charge is 2.26. The maximum absolute atomic E-state index is 12.4. The third kappa shape index (κ3) is 3.96. The average molecular weight is 314 g/mol. The van der Waals surface area contributed by atoms with E-state index in [0.717, 1.165) is 19.5 Å². The first-order valence-electron chi connectivity index (χ1n) is 7.92. The largest absolute Gasteiger partial charge is 0.340 e. The second-order valence-corrected chi connectivity index (χ2v) is 6.11. The van der Waals surface area contributed by atoms with Crippen LogP contribution in [0.25, 0.3) is 0 Å². The van der Waals surface area contributed by atoms with Gasteiger partial charge in [-0.1, -0.05) is 35.5 Å². The molecule has 1 aromatic carbocycles. The molecule has 3 rings (SSSR count). The van der Waals surface area contributed by atoms with Gasteiger partial charge in [0.25, 0.3) is 0 Å². The first-order chi connectivity index (χ1) is 11.1. The number of carbonyl (C=O) groups is 1. The molecule has 0 bridgehead atoms. The molecule has 6 nitrogen and oxygen atoms in total. The monoisotopic (exact) mass is 314 g/mol. The third-order valence-corrected chi connectivity index (χ3v) is 4.28. The van der Waals surface area contributed by atoms with Gasteiger partial charge in [-0.15, -0.1) is 0 Å². The molecule has 1 aliphatic heterocycles. The summed E-state index contributed by atoms with van der Waals surface area (Å²) in [5, 5.41) is 3.83. The molecule has 1 aromatic heterocycles. The van der Waals surface area contributed by atoms with E-state index in [1.807, 2.05) is 6.07 Å². The number of likely N-dealkylation sites (tertiary alicyclic amines) is 1. The van der Waals surface area contributed by atoms with E-state index in [1.54, 1.807) is 18.9 Å². The summed E-state index contributed by atoms with van der Waals surface area (Å²) in [6.45, 7) is 4.46. The lowest BCUT2D eigenvalue weighted by atomic mass is 9.99. The third-order valence-electron chi connectivity index (χ3n) is 4.28. The fourth-order valence-corrected chi connectivity index (χ4v) is 2.99. The molecule has 2 heterocycles. The lowest BCUT2D eigenvalue weighted by molar-refractivity contribution is -0.131. The van der Waals surface area contributed by atoms with Crippen molar-refractivity contribution in [2.24, 2.45) is 0 Å². The van der Waals surface area contributed by atoms with Crippen LogP contribution in [-0.4, -0.2) is 52.5 Å². The lowest BCUT2D eigenvalue weighted by Gasteiger charge is -2.20. The number of likely N-dealkylation sites (N-methyl/N-ethyl adjacent to an activating group) is 1. The molecule has 122 valence electrons. The van der Waals surface area contributed by atoms with Crippen LogP contribution in [0, 0.1) is 6.92 Å². The van der Waals surface area contributed by atoms with E-state index in [2.05, 4.69) is 39.3 Å². The SMILES string of the molecule is Cc1nc(CN(C)C(=O)CN2CCC(c3ccccc3)C2)no1. The lowest BCUT2D eigenvalue weighted by Crippen LogP contribution is -2.37. The van der Waals surface area contributed by atoms with E-state index < -0.39 is 0 Å². The highest BCUT2D eigenvalue weighted by atomic mass is 16.5. The van der Waals surface area contributed by atoms with Crippen LogP contribution in [0.2, 0.25) is 0 Å². The van der Waals surface area contributed by atoms with Crippen molar-refractivity contribution in [2.75, 3.05) is 26.7 Å². The summed E-state index contributed by atoms with van der Waals surface area (Å²) < 4.78 is 4.93. The summed E-state index contributed by atoms with van der Waals surface area (Å²) in [7, 11) is 1.78. The normalized spacial score (nSPS) is 18.3. The molecule has 1 saturated heterocycles. The van der Waals surface area contributed by atoms with Crippen LogP contribution in [0.3, 0.4) is 0 Å². The van der Waals surface area contributed by atoms with Crippen molar-refractivity contribution in [1.82, 2.24) is 19.9 Å². The van der Waals surface area contributed by atoms with Crippen molar-refractivity contribution in [3.63, 3.8) is 0 Å². The maximum Gasteiger partial charge on any atom is 0.236 e. The zero-order chi connectivity index (χ0) is 16.2. The zero-order valence-electron chi connectivity index (χ0n) is 13.6. The van der Waals surface area contributed by atoms with Gasteiger partial charge in [0.05, 0.1) is 13.1 Å². The van der Waals surface area contributed by atoms with E-state index in [0.29, 0.717) is 30.7 Å². The molecule has 1 atom stereocenters. The Morgan fingerprint density at radius 1 is 1.39 bits per heavy atom. The van der Waals surface area contributed by atoms with Crippen LogP contribution in [0.1, 0.15) is 29.6 Å². The summed E-state index contributed by atoms with van der Waals surface area (Å²) >= 11 is 0. The quantitative estimate of drug-likeness (QED) is 0.842. The first-order valence-corrected chi connectivity index (χ1v) is 7.92. The predicted octanol–water partition coefficient (Wildman–Crippen LogP) is 1.83. The first kappa shape index (κ1) is 15.7. The molecular formula is C17H22N4O2. The Kier molecular flexibility index (Phi) is 4.71. The van der Waals surface area contributed by atoms with Gasteiger partial charge in [0.15, 0.2) is 5.82 Å². The highest BCUT2D eigenvalue weighted by Crippen LogP contribution is 2.26. The van der Waals surface area contributed by atoms with E-state index in [9.17, 15) is 4.79 Å². The molecule has 23 heavy (non-hydrogen) atoms. The Labute approximate surface area is 136 Å². The fraction of sp³-hybridized carbons (Fsp3) is 0.471. The van der Waals surface area contributed by atoms with Gasteiger partial charge in [0, 0.05) is 20.5 Å². The standard InChI is InChI=1S/C17H22N4O2/c1-13-18-16(19-23-13)11-20(2)17(22)12-21-9-8-15(10-21)14-6-4-3-5-7-14/h3-7,15H,8-12H2,1-2H3. The Morgan fingerprint density at radius 3 is 2.87 bits per heavy atom. The number of aromatic nitrogens is 2. The van der Waals surface area contributed by atoms with Crippen LogP contribution >= 0.6 is 0 Å². The second kappa shape index (κ2) is 6.91. The molecule has 1 fully saturated rings. The summed E-state index contributed by atoms with van der Waals surface area (Å²) in [4.78, 5) is 20.4.